The van der Waals surface area contributed by atoms with Gasteiger partial charge in [-0.2, -0.15) is 0 Å². The van der Waals surface area contributed by atoms with E-state index in [1.165, 1.54) is 156 Å². The lowest BCUT2D eigenvalue weighted by molar-refractivity contribution is 0.155. The van der Waals surface area contributed by atoms with Gasteiger partial charge < -0.3 is 0 Å². The second kappa shape index (κ2) is 43.4. The molecule has 0 aliphatic heterocycles. The molecule has 0 heteroatoms. The monoisotopic (exact) mass is 1190 g/mol. The van der Waals surface area contributed by atoms with Gasteiger partial charge in [-0.3, -0.25) is 0 Å². The van der Waals surface area contributed by atoms with Crippen LogP contribution in [0.3, 0.4) is 0 Å². The summed E-state index contributed by atoms with van der Waals surface area (Å²) in [6.45, 7) is 35.1. The molecular weight excluding hydrogens is 1070 g/mol. The third kappa shape index (κ3) is 31.3. The number of hydrogen-bond acceptors (Lipinski definition) is 0. The van der Waals surface area contributed by atoms with Crippen LogP contribution < -0.4 is 0 Å². The summed E-state index contributed by atoms with van der Waals surface area (Å²) in [5, 5.41) is 0. The second-order valence-corrected chi connectivity index (χ2v) is 27.5. The first-order valence-electron chi connectivity index (χ1n) is 35.3. The van der Waals surface area contributed by atoms with Crippen molar-refractivity contribution in [1.29, 1.82) is 0 Å². The quantitative estimate of drug-likeness (QED) is 0.151. The molecular formula is C89H122. The van der Waals surface area contributed by atoms with Gasteiger partial charge in [0.15, 0.2) is 0 Å². The highest BCUT2D eigenvalue weighted by atomic mass is 14.3. The van der Waals surface area contributed by atoms with E-state index in [9.17, 15) is 0 Å². The van der Waals surface area contributed by atoms with E-state index in [1.807, 2.05) is 13.8 Å². The van der Waals surface area contributed by atoms with Gasteiger partial charge in [-0.15, -0.1) is 0 Å². The molecule has 0 heterocycles. The Labute approximate surface area is 548 Å². The van der Waals surface area contributed by atoms with Gasteiger partial charge in [-0.05, 0) is 185 Å². The molecule has 0 N–H and O–H groups in total. The first-order chi connectivity index (χ1) is 42.9. The third-order valence-corrected chi connectivity index (χ3v) is 18.6. The predicted molar refractivity (Wildman–Crippen MR) is 397 cm³/mol. The largest absolute Gasteiger partial charge is 0.0894 e. The zero-order chi connectivity index (χ0) is 64.8. The van der Waals surface area contributed by atoms with Gasteiger partial charge in [0.2, 0.25) is 0 Å². The number of aryl methyl sites for hydroxylation is 7. The highest BCUT2D eigenvalue weighted by Gasteiger charge is 2.28. The minimum absolute atomic E-state index is 0.840. The van der Waals surface area contributed by atoms with Crippen LogP contribution in [-0.2, 0) is 0 Å². The maximum Gasteiger partial charge on any atom is 0.00704 e. The molecule has 478 valence electrons. The minimum Gasteiger partial charge on any atom is -0.0894 e. The highest BCUT2D eigenvalue weighted by molar-refractivity contribution is 5.70. The van der Waals surface area contributed by atoms with Crippen LogP contribution in [0.25, 0.3) is 33.4 Å². The van der Waals surface area contributed by atoms with Crippen LogP contribution in [-0.4, -0.2) is 0 Å². The smallest absolute Gasteiger partial charge is 0.00704 e. The van der Waals surface area contributed by atoms with Crippen molar-refractivity contribution >= 4 is 0 Å². The fourth-order valence-electron chi connectivity index (χ4n) is 12.1. The molecule has 11 rings (SSSR count). The van der Waals surface area contributed by atoms with Crippen LogP contribution in [0.2, 0.25) is 0 Å². The Kier molecular flexibility index (Phi) is 36.6. The van der Waals surface area contributed by atoms with Crippen molar-refractivity contribution in [3.05, 3.63) is 214 Å². The lowest BCUT2D eigenvalue weighted by atomic mass is 9.70. The molecule has 4 saturated carbocycles. The molecule has 0 nitrogen and oxygen atoms in total. The minimum atomic E-state index is 0.840. The molecule has 0 spiro atoms. The van der Waals surface area contributed by atoms with Gasteiger partial charge in [0, 0.05) is 12.8 Å². The van der Waals surface area contributed by atoms with Gasteiger partial charge >= 0.3 is 0 Å². The van der Waals surface area contributed by atoms with E-state index >= 15 is 0 Å². The summed E-state index contributed by atoms with van der Waals surface area (Å²) in [6, 6.07) is 61.0. The molecule has 0 atom stereocenters. The Bertz CT molecular complexity index is 2830. The SMILES string of the molecule is CC1CCC(C)CC1.CC1CCC(C2CCC(C)CC2)CC1.CCC.CCC#CC#CCC.Cc1ccc(-c2ccc(-c3ccc(C)cc3)cc2)cc1.Cc1ccc(-c2ccc(C)cc2)cc1.Cc1ccc(C)cc1.Cc1ccc(C2CCC(C)CC2)cc1. The third-order valence-electron chi connectivity index (χ3n) is 18.6. The average Bonchev–Trinajstić information content (AvgIpc) is 3.73. The summed E-state index contributed by atoms with van der Waals surface area (Å²) >= 11 is 0. The van der Waals surface area contributed by atoms with E-state index in [2.05, 4.69) is 290 Å². The van der Waals surface area contributed by atoms with E-state index < -0.39 is 0 Å². The predicted octanol–water partition coefficient (Wildman–Crippen LogP) is 26.9. The molecule has 4 aliphatic rings. The molecule has 0 amide bonds. The number of rotatable bonds is 5. The van der Waals surface area contributed by atoms with Crippen LogP contribution in [0.15, 0.2) is 170 Å². The molecule has 4 aliphatic carbocycles. The van der Waals surface area contributed by atoms with Gasteiger partial charge in [-0.1, -0.05) is 354 Å². The Balaban J connectivity index is 0.000000226. The van der Waals surface area contributed by atoms with E-state index in [0.717, 1.165) is 60.2 Å². The van der Waals surface area contributed by atoms with Gasteiger partial charge in [-0.25, -0.2) is 0 Å². The highest BCUT2D eigenvalue weighted by Crippen LogP contribution is 2.41. The van der Waals surface area contributed by atoms with E-state index in [0.29, 0.717) is 0 Å². The van der Waals surface area contributed by atoms with E-state index in [-0.39, 0.29) is 0 Å². The fourth-order valence-corrected chi connectivity index (χ4v) is 12.1. The van der Waals surface area contributed by atoms with Crippen LogP contribution in [0, 0.1) is 114 Å². The van der Waals surface area contributed by atoms with E-state index in [4.69, 9.17) is 0 Å². The molecule has 7 aromatic rings. The van der Waals surface area contributed by atoms with Crippen LogP contribution in [0.1, 0.15) is 235 Å². The molecule has 0 saturated heterocycles. The Morgan fingerprint density at radius 2 is 0.416 bits per heavy atom. The fraction of sp³-hybridized carbons (Fsp3) is 0.483. The summed E-state index contributed by atoms with van der Waals surface area (Å²) in [5.41, 5.74) is 18.4. The molecule has 4 fully saturated rings. The molecule has 89 heavy (non-hydrogen) atoms. The van der Waals surface area contributed by atoms with Crippen molar-refractivity contribution in [2.45, 2.75) is 239 Å². The van der Waals surface area contributed by atoms with Crippen molar-refractivity contribution in [1.82, 2.24) is 0 Å². The standard InChI is InChI=1S/C20H18.C14H26.C14H20.C14H14.C8H16.2C8H10.C3H8/c1-15-3-7-17(8-4-15)19-11-13-20(14-12-19)18-9-5-16(2)6-10-18;3*1-11-3-7-13(8-4-11)14-9-5-12(2)6-10-14;2*1-7-3-5-8(2)6-4-7;1-3-5-7-8-6-4-2;1-3-2/h3-14H,1-2H3;11-14H,3-10H2,1-2H3;3-4,7-8,12,14H,5-6,9-10H2,1-2H3;3-10H,1-2H3;7-8H,3-6H2,1-2H3;3-6H,1-2H3;3-4H2,1-2H3;3H2,1-2H3. The summed E-state index contributed by atoms with van der Waals surface area (Å²) in [6.07, 6.45) is 26.8. The van der Waals surface area contributed by atoms with Crippen LogP contribution in [0.5, 0.6) is 0 Å². The molecule has 0 unspecified atom stereocenters. The summed E-state index contributed by atoms with van der Waals surface area (Å²) in [5.74, 6) is 19.3. The van der Waals surface area contributed by atoms with Gasteiger partial charge in [0.05, 0.1) is 0 Å². The van der Waals surface area contributed by atoms with Gasteiger partial charge in [0.1, 0.15) is 0 Å². The van der Waals surface area contributed by atoms with Crippen molar-refractivity contribution in [3.63, 3.8) is 0 Å². The summed E-state index contributed by atoms with van der Waals surface area (Å²) in [7, 11) is 0. The van der Waals surface area contributed by atoms with Crippen molar-refractivity contribution in [2.75, 3.05) is 0 Å². The molecule has 0 bridgehead atoms. The zero-order valence-electron chi connectivity index (χ0n) is 59.2. The first kappa shape index (κ1) is 75.1. The maximum atomic E-state index is 2.86. The topological polar surface area (TPSA) is 0 Å². The maximum absolute atomic E-state index is 2.86. The van der Waals surface area contributed by atoms with Crippen molar-refractivity contribution in [2.24, 2.45) is 41.4 Å². The van der Waals surface area contributed by atoms with E-state index in [1.54, 1.807) is 31.2 Å². The second-order valence-electron chi connectivity index (χ2n) is 27.5. The molecule has 7 aromatic carbocycles. The van der Waals surface area contributed by atoms with Crippen molar-refractivity contribution < 1.29 is 0 Å². The zero-order valence-corrected chi connectivity index (χ0v) is 59.2. The van der Waals surface area contributed by atoms with Gasteiger partial charge in [0.25, 0.3) is 0 Å². The van der Waals surface area contributed by atoms with Crippen LogP contribution in [0.4, 0.5) is 0 Å². The number of hydrogen-bond donors (Lipinski definition) is 0. The summed E-state index contributed by atoms with van der Waals surface area (Å²) in [4.78, 5) is 0. The first-order valence-corrected chi connectivity index (χ1v) is 35.3. The normalized spacial score (nSPS) is 20.5. The molecule has 0 radical (unpaired) electrons. The lowest BCUT2D eigenvalue weighted by Crippen LogP contribution is -2.24. The van der Waals surface area contributed by atoms with Crippen molar-refractivity contribution in [3.8, 4) is 57.1 Å². The Morgan fingerprint density at radius 1 is 0.247 bits per heavy atom. The van der Waals surface area contributed by atoms with Crippen LogP contribution >= 0.6 is 0 Å². The Morgan fingerprint density at radius 3 is 0.629 bits per heavy atom. The lowest BCUT2D eigenvalue weighted by Gasteiger charge is -2.36. The number of benzene rings is 7. The molecule has 0 aromatic heterocycles. The Hall–Kier alpha value is -6.34. The average molecular weight is 1190 g/mol. The summed E-state index contributed by atoms with van der Waals surface area (Å²) < 4.78 is 0.